The van der Waals surface area contributed by atoms with Gasteiger partial charge < -0.3 is 20.3 Å². The summed E-state index contributed by atoms with van der Waals surface area (Å²) in [6, 6.07) is 8.31. The Labute approximate surface area is 119 Å². The summed E-state index contributed by atoms with van der Waals surface area (Å²) < 4.78 is 41.3. The predicted molar refractivity (Wildman–Crippen MR) is 67.6 cm³/mol. The van der Waals surface area contributed by atoms with Gasteiger partial charge in [-0.1, -0.05) is 12.1 Å². The topological polar surface area (TPSA) is 85.5 Å². The van der Waals surface area contributed by atoms with Crippen molar-refractivity contribution in [3.8, 4) is 11.8 Å². The molecule has 0 saturated carbocycles. The van der Waals surface area contributed by atoms with Crippen LogP contribution in [-0.4, -0.2) is 48.3 Å². The first kappa shape index (κ1) is 17.2. The van der Waals surface area contributed by atoms with Crippen molar-refractivity contribution in [2.24, 2.45) is 0 Å². The summed E-state index contributed by atoms with van der Waals surface area (Å²) in [7, 11) is 0. The van der Waals surface area contributed by atoms with Gasteiger partial charge in [0.25, 0.3) is 0 Å². The SMILES string of the molecule is N#Cc1ccccc1OCC(O)CNCC(O)C(F)(F)F. The molecule has 0 aliphatic heterocycles. The molecule has 0 aliphatic carbocycles. The minimum Gasteiger partial charge on any atom is -0.489 e. The largest absolute Gasteiger partial charge is 0.489 e. The lowest BCUT2D eigenvalue weighted by Crippen LogP contribution is -2.41. The van der Waals surface area contributed by atoms with E-state index < -0.39 is 24.9 Å². The Morgan fingerprint density at radius 2 is 1.90 bits per heavy atom. The zero-order valence-corrected chi connectivity index (χ0v) is 11.0. The van der Waals surface area contributed by atoms with E-state index in [2.05, 4.69) is 5.32 Å². The highest BCUT2D eigenvalue weighted by Gasteiger charge is 2.37. The second-order valence-corrected chi connectivity index (χ2v) is 4.29. The van der Waals surface area contributed by atoms with Crippen molar-refractivity contribution in [2.75, 3.05) is 19.7 Å². The Bertz CT molecular complexity index is 488. The summed E-state index contributed by atoms with van der Waals surface area (Å²) in [4.78, 5) is 0. The second-order valence-electron chi connectivity index (χ2n) is 4.29. The van der Waals surface area contributed by atoms with Gasteiger partial charge in [0.1, 0.15) is 24.5 Å². The van der Waals surface area contributed by atoms with Crippen molar-refractivity contribution < 1.29 is 28.1 Å². The average molecular weight is 304 g/mol. The Hall–Kier alpha value is -1.82. The molecule has 0 heterocycles. The first-order valence-corrected chi connectivity index (χ1v) is 6.10. The first-order valence-electron chi connectivity index (χ1n) is 6.10. The summed E-state index contributed by atoms with van der Waals surface area (Å²) in [6.07, 6.45) is -8.25. The van der Waals surface area contributed by atoms with Crippen LogP contribution < -0.4 is 10.1 Å². The highest BCUT2D eigenvalue weighted by molar-refractivity contribution is 5.42. The van der Waals surface area contributed by atoms with Crippen LogP contribution in [0.2, 0.25) is 0 Å². The van der Waals surface area contributed by atoms with Crippen molar-refractivity contribution in [2.45, 2.75) is 18.4 Å². The molecular weight excluding hydrogens is 289 g/mol. The van der Waals surface area contributed by atoms with E-state index in [1.807, 2.05) is 6.07 Å². The zero-order chi connectivity index (χ0) is 15.9. The van der Waals surface area contributed by atoms with Crippen molar-refractivity contribution in [1.82, 2.24) is 5.32 Å². The fraction of sp³-hybridized carbons (Fsp3) is 0.462. The summed E-state index contributed by atoms with van der Waals surface area (Å²) in [6.45, 7) is -1.08. The van der Waals surface area contributed by atoms with E-state index in [1.165, 1.54) is 0 Å². The van der Waals surface area contributed by atoms with E-state index in [9.17, 15) is 18.3 Å². The molecule has 0 radical (unpaired) electrons. The van der Waals surface area contributed by atoms with Gasteiger partial charge >= 0.3 is 6.18 Å². The number of rotatable bonds is 7. The van der Waals surface area contributed by atoms with Crippen molar-refractivity contribution in [3.63, 3.8) is 0 Å². The predicted octanol–water partition coefficient (Wildman–Crippen LogP) is 0.811. The third-order valence-corrected chi connectivity index (χ3v) is 2.53. The fourth-order valence-electron chi connectivity index (χ4n) is 1.43. The van der Waals surface area contributed by atoms with Crippen molar-refractivity contribution in [3.05, 3.63) is 29.8 Å². The lowest BCUT2D eigenvalue weighted by molar-refractivity contribution is -0.202. The minimum atomic E-state index is -4.69. The van der Waals surface area contributed by atoms with Gasteiger partial charge in [0.05, 0.1) is 5.56 Å². The lowest BCUT2D eigenvalue weighted by atomic mass is 10.2. The third-order valence-electron chi connectivity index (χ3n) is 2.53. The summed E-state index contributed by atoms with van der Waals surface area (Å²) in [5.41, 5.74) is 0.296. The van der Waals surface area contributed by atoms with Gasteiger partial charge in [-0.25, -0.2) is 0 Å². The molecule has 0 saturated heterocycles. The molecule has 2 unspecified atom stereocenters. The quantitative estimate of drug-likeness (QED) is 0.694. The Morgan fingerprint density at radius 3 is 2.52 bits per heavy atom. The monoisotopic (exact) mass is 304 g/mol. The summed E-state index contributed by atoms with van der Waals surface area (Å²) in [5.74, 6) is 0.286. The van der Waals surface area contributed by atoms with Gasteiger partial charge in [-0.15, -0.1) is 0 Å². The Morgan fingerprint density at radius 1 is 1.24 bits per heavy atom. The molecule has 1 aromatic rings. The average Bonchev–Trinajstić information content (AvgIpc) is 2.44. The molecule has 1 aromatic carbocycles. The molecule has 0 bridgehead atoms. The number of nitrogens with zero attached hydrogens (tertiary/aromatic N) is 1. The normalized spacial score (nSPS) is 14.3. The van der Waals surface area contributed by atoms with E-state index in [-0.39, 0.29) is 18.9 Å². The lowest BCUT2D eigenvalue weighted by Gasteiger charge is -2.17. The number of ether oxygens (including phenoxy) is 1. The van der Waals surface area contributed by atoms with Crippen LogP contribution in [-0.2, 0) is 0 Å². The van der Waals surface area contributed by atoms with Crippen LogP contribution in [0, 0.1) is 11.3 Å². The zero-order valence-electron chi connectivity index (χ0n) is 11.0. The number of alkyl halides is 3. The van der Waals surface area contributed by atoms with Gasteiger partial charge in [-0.2, -0.15) is 18.4 Å². The van der Waals surface area contributed by atoms with Crippen LogP contribution in [0.25, 0.3) is 0 Å². The van der Waals surface area contributed by atoms with Crippen molar-refractivity contribution in [1.29, 1.82) is 5.26 Å². The van der Waals surface area contributed by atoms with E-state index in [1.54, 1.807) is 24.3 Å². The standard InChI is InChI=1S/C13H15F3N2O3/c14-13(15,16)12(20)7-18-6-10(19)8-21-11-4-2-1-3-9(11)5-17/h1-4,10,12,18-20H,6-8H2. The number of hydrogen-bond acceptors (Lipinski definition) is 5. The molecule has 0 aromatic heterocycles. The molecular formula is C13H15F3N2O3. The maximum Gasteiger partial charge on any atom is 0.415 e. The molecule has 116 valence electrons. The molecule has 0 aliphatic rings. The second kappa shape index (κ2) is 7.83. The molecule has 1 rings (SSSR count). The molecule has 5 nitrogen and oxygen atoms in total. The molecule has 0 fully saturated rings. The number of nitrogens with one attached hydrogen (secondary N) is 1. The number of nitriles is 1. The summed E-state index contributed by atoms with van der Waals surface area (Å²) >= 11 is 0. The van der Waals surface area contributed by atoms with Gasteiger partial charge in [-0.3, -0.25) is 0 Å². The van der Waals surface area contributed by atoms with Gasteiger partial charge in [0.15, 0.2) is 6.10 Å². The van der Waals surface area contributed by atoms with E-state index in [4.69, 9.17) is 15.1 Å². The van der Waals surface area contributed by atoms with Crippen LogP contribution in [0.1, 0.15) is 5.56 Å². The minimum absolute atomic E-state index is 0.179. The van der Waals surface area contributed by atoms with Crippen LogP contribution >= 0.6 is 0 Å². The highest BCUT2D eigenvalue weighted by Crippen LogP contribution is 2.19. The first-order chi connectivity index (χ1) is 9.84. The maximum absolute atomic E-state index is 12.0. The van der Waals surface area contributed by atoms with Gasteiger partial charge in [0, 0.05) is 13.1 Å². The van der Waals surface area contributed by atoms with Crippen molar-refractivity contribution >= 4 is 0 Å². The summed E-state index contributed by atoms with van der Waals surface area (Å²) in [5, 5.41) is 29.4. The van der Waals surface area contributed by atoms with E-state index in [0.717, 1.165) is 0 Å². The van der Waals surface area contributed by atoms with E-state index in [0.29, 0.717) is 5.56 Å². The van der Waals surface area contributed by atoms with E-state index >= 15 is 0 Å². The number of para-hydroxylation sites is 1. The fourth-order valence-corrected chi connectivity index (χ4v) is 1.43. The van der Waals surface area contributed by atoms with Crippen LogP contribution in [0.3, 0.4) is 0 Å². The van der Waals surface area contributed by atoms with Crippen LogP contribution in [0.5, 0.6) is 5.75 Å². The molecule has 8 heteroatoms. The Kier molecular flexibility index (Phi) is 6.42. The molecule has 2 atom stereocenters. The highest BCUT2D eigenvalue weighted by atomic mass is 19.4. The molecule has 3 N–H and O–H groups in total. The number of benzene rings is 1. The number of hydrogen-bond donors (Lipinski definition) is 3. The number of aliphatic hydroxyl groups is 2. The molecule has 21 heavy (non-hydrogen) atoms. The van der Waals surface area contributed by atoms with Gasteiger partial charge in [0.2, 0.25) is 0 Å². The van der Waals surface area contributed by atoms with Crippen LogP contribution in [0.15, 0.2) is 24.3 Å². The maximum atomic E-state index is 12.0. The smallest absolute Gasteiger partial charge is 0.415 e. The number of aliphatic hydroxyl groups excluding tert-OH is 2. The van der Waals surface area contributed by atoms with Crippen LogP contribution in [0.4, 0.5) is 13.2 Å². The molecule has 0 spiro atoms. The Balaban J connectivity index is 2.32. The number of halogens is 3. The third kappa shape index (κ3) is 5.99. The van der Waals surface area contributed by atoms with Gasteiger partial charge in [-0.05, 0) is 12.1 Å². The molecule has 0 amide bonds.